The van der Waals surface area contributed by atoms with Gasteiger partial charge in [-0.1, -0.05) is 58.4 Å². The highest BCUT2D eigenvalue weighted by Gasteiger charge is 2.58. The normalized spacial score (nSPS) is 24.2. The van der Waals surface area contributed by atoms with Gasteiger partial charge in [-0.25, -0.2) is 0 Å². The van der Waals surface area contributed by atoms with Gasteiger partial charge in [-0.3, -0.25) is 4.79 Å². The Morgan fingerprint density at radius 3 is 2.36 bits per heavy atom. The third-order valence-electron chi connectivity index (χ3n) is 4.49. The van der Waals surface area contributed by atoms with E-state index >= 15 is 0 Å². The Kier molecular flexibility index (Phi) is 4.06. The molecule has 0 radical (unpaired) electrons. The molecule has 1 heterocycles. The zero-order chi connectivity index (χ0) is 15.7. The maximum atomic E-state index is 12.8. The molecule has 1 saturated heterocycles. The van der Waals surface area contributed by atoms with Gasteiger partial charge in [-0.05, 0) is 30.2 Å². The lowest BCUT2D eigenvalue weighted by atomic mass is 9.65. The molecule has 0 saturated carbocycles. The highest BCUT2D eigenvalue weighted by atomic mass is 79.9. The molecule has 2 aromatic carbocycles. The average molecular weight is 359 g/mol. The van der Waals surface area contributed by atoms with Gasteiger partial charge in [0.15, 0.2) is 0 Å². The van der Waals surface area contributed by atoms with E-state index in [4.69, 9.17) is 5.73 Å². The lowest BCUT2D eigenvalue weighted by Gasteiger charge is -2.55. The molecule has 22 heavy (non-hydrogen) atoms. The van der Waals surface area contributed by atoms with Crippen molar-refractivity contribution in [2.24, 2.45) is 5.73 Å². The fraction of sp³-hybridized carbons (Fsp3) is 0.278. The minimum atomic E-state index is -0.524. The summed E-state index contributed by atoms with van der Waals surface area (Å²) in [6.45, 7) is 3.09. The number of benzene rings is 2. The molecule has 0 spiro atoms. The number of β-lactam (4-membered cyclic amide) rings is 1. The number of hydrogen-bond acceptors (Lipinski definition) is 2. The van der Waals surface area contributed by atoms with Crippen molar-refractivity contribution in [3.05, 3.63) is 70.2 Å². The summed E-state index contributed by atoms with van der Waals surface area (Å²) < 4.78 is 1.04. The highest BCUT2D eigenvalue weighted by Crippen LogP contribution is 2.51. The van der Waals surface area contributed by atoms with Crippen LogP contribution in [0, 0.1) is 0 Å². The zero-order valence-electron chi connectivity index (χ0n) is 12.5. The fourth-order valence-corrected chi connectivity index (χ4v) is 3.64. The molecular weight excluding hydrogens is 340 g/mol. The smallest absolute Gasteiger partial charge is 0.236 e. The van der Waals surface area contributed by atoms with Crippen molar-refractivity contribution in [1.82, 2.24) is 4.90 Å². The van der Waals surface area contributed by atoms with Gasteiger partial charge in [0, 0.05) is 17.6 Å². The number of nitrogens with two attached hydrogens (primary N) is 1. The fourth-order valence-electron chi connectivity index (χ4n) is 3.37. The van der Waals surface area contributed by atoms with E-state index < -0.39 is 5.41 Å². The molecular formula is C18H19BrN2O. The predicted octanol–water partition coefficient (Wildman–Crippen LogP) is 3.25. The van der Waals surface area contributed by atoms with Gasteiger partial charge in [0.25, 0.3) is 0 Å². The van der Waals surface area contributed by atoms with Crippen molar-refractivity contribution in [3.63, 3.8) is 0 Å². The van der Waals surface area contributed by atoms with Gasteiger partial charge in [0.2, 0.25) is 5.91 Å². The van der Waals surface area contributed by atoms with Crippen molar-refractivity contribution in [3.8, 4) is 0 Å². The maximum Gasteiger partial charge on any atom is 0.236 e. The summed E-state index contributed by atoms with van der Waals surface area (Å²) in [7, 11) is 0. The molecule has 1 aliphatic rings. The summed E-state index contributed by atoms with van der Waals surface area (Å²) in [5, 5.41) is 0. The van der Waals surface area contributed by atoms with Crippen molar-refractivity contribution >= 4 is 21.8 Å². The molecule has 114 valence electrons. The SMILES string of the molecule is C[C@@]1(c2ccccc2)C(=O)N(CCN)[C@@H]1c1ccc(Br)cc1. The average Bonchev–Trinajstić information content (AvgIpc) is 2.56. The van der Waals surface area contributed by atoms with Gasteiger partial charge < -0.3 is 10.6 Å². The third kappa shape index (κ3) is 2.27. The summed E-state index contributed by atoms with van der Waals surface area (Å²) in [6.07, 6.45) is 0. The molecule has 1 fully saturated rings. The van der Waals surface area contributed by atoms with Crippen LogP contribution in [0.3, 0.4) is 0 Å². The van der Waals surface area contributed by atoms with Crippen molar-refractivity contribution in [2.45, 2.75) is 18.4 Å². The molecule has 2 aromatic rings. The van der Waals surface area contributed by atoms with E-state index in [0.717, 1.165) is 15.6 Å². The van der Waals surface area contributed by atoms with E-state index in [1.165, 1.54) is 0 Å². The van der Waals surface area contributed by atoms with Crippen LogP contribution in [-0.2, 0) is 10.2 Å². The minimum Gasteiger partial charge on any atom is -0.332 e. The molecule has 2 N–H and O–H groups in total. The van der Waals surface area contributed by atoms with Gasteiger partial charge in [0.1, 0.15) is 0 Å². The Balaban J connectivity index is 2.05. The first-order valence-electron chi connectivity index (χ1n) is 7.41. The first kappa shape index (κ1) is 15.3. The first-order chi connectivity index (χ1) is 10.6. The van der Waals surface area contributed by atoms with E-state index in [1.807, 2.05) is 54.3 Å². The number of nitrogens with zero attached hydrogens (tertiary/aromatic N) is 1. The molecule has 3 nitrogen and oxygen atoms in total. The van der Waals surface area contributed by atoms with Crippen LogP contribution < -0.4 is 5.73 Å². The van der Waals surface area contributed by atoms with E-state index in [9.17, 15) is 4.79 Å². The number of likely N-dealkylation sites (tertiary alicyclic amines) is 1. The topological polar surface area (TPSA) is 46.3 Å². The Hall–Kier alpha value is -1.65. The van der Waals surface area contributed by atoms with Crippen molar-refractivity contribution in [2.75, 3.05) is 13.1 Å². The molecule has 1 aliphatic heterocycles. The van der Waals surface area contributed by atoms with E-state index in [2.05, 4.69) is 28.1 Å². The predicted molar refractivity (Wildman–Crippen MR) is 91.4 cm³/mol. The van der Waals surface area contributed by atoms with E-state index in [-0.39, 0.29) is 11.9 Å². The molecule has 0 bridgehead atoms. The van der Waals surface area contributed by atoms with Crippen molar-refractivity contribution in [1.29, 1.82) is 0 Å². The zero-order valence-corrected chi connectivity index (χ0v) is 14.1. The second-order valence-corrected chi connectivity index (χ2v) is 6.73. The van der Waals surface area contributed by atoms with E-state index in [0.29, 0.717) is 13.1 Å². The molecule has 0 unspecified atom stereocenters. The third-order valence-corrected chi connectivity index (χ3v) is 5.02. The number of hydrogen-bond donors (Lipinski definition) is 1. The van der Waals surface area contributed by atoms with Crippen LogP contribution in [-0.4, -0.2) is 23.9 Å². The molecule has 1 amide bonds. The lowest BCUT2D eigenvalue weighted by Crippen LogP contribution is -2.65. The maximum absolute atomic E-state index is 12.8. The largest absolute Gasteiger partial charge is 0.332 e. The van der Waals surface area contributed by atoms with Crippen LogP contribution >= 0.6 is 15.9 Å². The summed E-state index contributed by atoms with van der Waals surface area (Å²) in [5.74, 6) is 0.150. The van der Waals surface area contributed by atoms with Crippen molar-refractivity contribution < 1.29 is 4.79 Å². The quantitative estimate of drug-likeness (QED) is 0.852. The van der Waals surface area contributed by atoms with Crippen LogP contribution in [0.2, 0.25) is 0 Å². The van der Waals surface area contributed by atoms with Crippen LogP contribution in [0.1, 0.15) is 24.1 Å². The molecule has 2 atom stereocenters. The van der Waals surface area contributed by atoms with Crippen LogP contribution in [0.5, 0.6) is 0 Å². The van der Waals surface area contributed by atoms with Gasteiger partial charge in [-0.2, -0.15) is 0 Å². The molecule has 4 heteroatoms. The number of rotatable bonds is 4. The minimum absolute atomic E-state index is 0.0269. The summed E-state index contributed by atoms with van der Waals surface area (Å²) in [6, 6.07) is 18.2. The Labute approximate surface area is 139 Å². The first-order valence-corrected chi connectivity index (χ1v) is 8.20. The second-order valence-electron chi connectivity index (χ2n) is 5.81. The second kappa shape index (κ2) is 5.86. The highest BCUT2D eigenvalue weighted by molar-refractivity contribution is 9.10. The molecule has 0 aromatic heterocycles. The monoisotopic (exact) mass is 358 g/mol. The lowest BCUT2D eigenvalue weighted by molar-refractivity contribution is -0.160. The Bertz CT molecular complexity index is 671. The molecule has 3 rings (SSSR count). The summed E-state index contributed by atoms with van der Waals surface area (Å²) in [4.78, 5) is 14.7. The summed E-state index contributed by atoms with van der Waals surface area (Å²) in [5.41, 5.74) is 7.37. The molecule has 0 aliphatic carbocycles. The van der Waals surface area contributed by atoms with Crippen LogP contribution in [0.4, 0.5) is 0 Å². The standard InChI is InChI=1S/C18H19BrN2O/c1-18(14-5-3-2-4-6-14)16(21(12-11-20)17(18)22)13-7-9-15(19)10-8-13/h2-10,16H,11-12,20H2,1H3/t16-,18+/m1/s1. The number of amides is 1. The van der Waals surface area contributed by atoms with Gasteiger partial charge in [0.05, 0.1) is 11.5 Å². The Morgan fingerprint density at radius 1 is 1.14 bits per heavy atom. The van der Waals surface area contributed by atoms with Gasteiger partial charge >= 0.3 is 0 Å². The number of halogens is 1. The summed E-state index contributed by atoms with van der Waals surface area (Å²) >= 11 is 3.47. The van der Waals surface area contributed by atoms with E-state index in [1.54, 1.807) is 0 Å². The van der Waals surface area contributed by atoms with Crippen LogP contribution in [0.25, 0.3) is 0 Å². The van der Waals surface area contributed by atoms with Gasteiger partial charge in [-0.15, -0.1) is 0 Å². The number of carbonyl (C=O) groups excluding carboxylic acids is 1. The number of carbonyl (C=O) groups is 1. The Morgan fingerprint density at radius 2 is 1.77 bits per heavy atom. The van der Waals surface area contributed by atoms with Crippen LogP contribution in [0.15, 0.2) is 59.1 Å².